The first-order valence-corrected chi connectivity index (χ1v) is 9.57. The molecular weight excluding hydrogens is 391 g/mol. The molecule has 6 heteroatoms. The van der Waals surface area contributed by atoms with E-state index >= 15 is 0 Å². The highest BCUT2D eigenvalue weighted by atomic mass is 19.1. The summed E-state index contributed by atoms with van der Waals surface area (Å²) < 4.78 is 55.5. The number of benzene rings is 3. The Kier molecular flexibility index (Phi) is 5.48. The van der Waals surface area contributed by atoms with E-state index in [1.54, 1.807) is 31.4 Å². The van der Waals surface area contributed by atoms with E-state index in [1.165, 1.54) is 25.3 Å². The van der Waals surface area contributed by atoms with Gasteiger partial charge in [0.05, 0.1) is 30.9 Å². The van der Waals surface area contributed by atoms with Crippen LogP contribution in [-0.4, -0.2) is 31.1 Å². The lowest BCUT2D eigenvalue weighted by Crippen LogP contribution is -2.31. The van der Waals surface area contributed by atoms with Crippen molar-refractivity contribution in [1.29, 1.82) is 0 Å². The van der Waals surface area contributed by atoms with E-state index < -0.39 is 11.6 Å². The molecule has 3 nitrogen and oxygen atoms in total. The molecule has 0 amide bonds. The lowest BCUT2D eigenvalue weighted by Gasteiger charge is -2.21. The van der Waals surface area contributed by atoms with Gasteiger partial charge in [-0.05, 0) is 42.0 Å². The molecular formula is C24H21F3NO2+. The fourth-order valence-electron chi connectivity index (χ4n) is 3.87. The minimum Gasteiger partial charge on any atom is -0.493 e. The number of methoxy groups -OCH3 is 2. The quantitative estimate of drug-likeness (QED) is 0.565. The minimum atomic E-state index is -0.675. The summed E-state index contributed by atoms with van der Waals surface area (Å²) in [6, 6.07) is 13.7. The molecule has 0 spiro atoms. The molecule has 4 rings (SSSR count). The lowest BCUT2D eigenvalue weighted by atomic mass is 9.91. The van der Waals surface area contributed by atoms with Gasteiger partial charge in [-0.3, -0.25) is 0 Å². The van der Waals surface area contributed by atoms with Gasteiger partial charge in [0.1, 0.15) is 24.0 Å². The Labute approximate surface area is 173 Å². The summed E-state index contributed by atoms with van der Waals surface area (Å²) in [7, 11) is 3.09. The van der Waals surface area contributed by atoms with Crippen LogP contribution < -0.4 is 9.47 Å². The van der Waals surface area contributed by atoms with Crippen molar-refractivity contribution in [2.24, 2.45) is 0 Å². The second-order valence-corrected chi connectivity index (χ2v) is 7.10. The van der Waals surface area contributed by atoms with Crippen LogP contribution >= 0.6 is 0 Å². The number of ether oxygens (including phenoxy) is 2. The van der Waals surface area contributed by atoms with E-state index in [0.29, 0.717) is 35.7 Å². The highest BCUT2D eigenvalue weighted by Crippen LogP contribution is 2.34. The molecule has 0 atom stereocenters. The number of hydrogen-bond acceptors (Lipinski definition) is 2. The van der Waals surface area contributed by atoms with Crippen LogP contribution in [-0.2, 0) is 13.0 Å². The van der Waals surface area contributed by atoms with Crippen LogP contribution in [0.3, 0.4) is 0 Å². The van der Waals surface area contributed by atoms with Gasteiger partial charge >= 0.3 is 0 Å². The highest BCUT2D eigenvalue weighted by Gasteiger charge is 2.31. The van der Waals surface area contributed by atoms with Gasteiger partial charge < -0.3 is 9.47 Å². The SMILES string of the molecule is COc1cc2c(cc1OC)C(c1ccc(F)cc1F)=[N+](Cc1ccccc1F)CC2. The number of rotatable bonds is 5. The van der Waals surface area contributed by atoms with E-state index in [9.17, 15) is 13.2 Å². The van der Waals surface area contributed by atoms with E-state index in [2.05, 4.69) is 0 Å². The Balaban J connectivity index is 1.95. The van der Waals surface area contributed by atoms with E-state index in [0.717, 1.165) is 17.2 Å². The molecule has 0 unspecified atom stereocenters. The smallest absolute Gasteiger partial charge is 0.218 e. The zero-order chi connectivity index (χ0) is 21.3. The summed E-state index contributed by atoms with van der Waals surface area (Å²) in [5, 5.41) is 0. The van der Waals surface area contributed by atoms with Crippen molar-refractivity contribution in [2.45, 2.75) is 13.0 Å². The van der Waals surface area contributed by atoms with Crippen LogP contribution in [0.25, 0.3) is 0 Å². The Bertz CT molecular complexity index is 1140. The van der Waals surface area contributed by atoms with Gasteiger partial charge in [0, 0.05) is 12.5 Å². The molecule has 1 heterocycles. The van der Waals surface area contributed by atoms with Gasteiger partial charge in [-0.2, -0.15) is 0 Å². The third kappa shape index (κ3) is 3.65. The molecule has 0 aliphatic carbocycles. The third-order valence-corrected chi connectivity index (χ3v) is 5.34. The van der Waals surface area contributed by atoms with Gasteiger partial charge in [0.2, 0.25) is 5.71 Å². The lowest BCUT2D eigenvalue weighted by molar-refractivity contribution is -0.544. The van der Waals surface area contributed by atoms with Crippen LogP contribution in [0.15, 0.2) is 54.6 Å². The molecule has 0 aromatic heterocycles. The number of hydrogen-bond donors (Lipinski definition) is 0. The van der Waals surface area contributed by atoms with Crippen LogP contribution in [0.4, 0.5) is 13.2 Å². The molecule has 30 heavy (non-hydrogen) atoms. The Morgan fingerprint density at radius 2 is 1.57 bits per heavy atom. The first-order valence-electron chi connectivity index (χ1n) is 9.57. The van der Waals surface area contributed by atoms with Crippen molar-refractivity contribution in [3.63, 3.8) is 0 Å². The average molecular weight is 412 g/mol. The second-order valence-electron chi connectivity index (χ2n) is 7.10. The van der Waals surface area contributed by atoms with Crippen molar-refractivity contribution in [2.75, 3.05) is 20.8 Å². The third-order valence-electron chi connectivity index (χ3n) is 5.34. The van der Waals surface area contributed by atoms with Crippen LogP contribution in [0.1, 0.15) is 22.3 Å². The Hall–Kier alpha value is -3.28. The largest absolute Gasteiger partial charge is 0.493 e. The monoisotopic (exact) mass is 412 g/mol. The first-order chi connectivity index (χ1) is 14.5. The first kappa shape index (κ1) is 20.0. The highest BCUT2D eigenvalue weighted by molar-refractivity contribution is 6.11. The van der Waals surface area contributed by atoms with Gasteiger partial charge in [0.25, 0.3) is 0 Å². The molecule has 1 aliphatic rings. The summed E-state index contributed by atoms with van der Waals surface area (Å²) in [5.41, 5.74) is 3.03. The Morgan fingerprint density at radius 1 is 0.833 bits per heavy atom. The summed E-state index contributed by atoms with van der Waals surface area (Å²) in [6.45, 7) is 0.801. The summed E-state index contributed by atoms with van der Waals surface area (Å²) >= 11 is 0. The molecule has 0 saturated heterocycles. The molecule has 0 saturated carbocycles. The predicted octanol–water partition coefficient (Wildman–Crippen LogP) is 4.73. The molecule has 0 fully saturated rings. The standard InChI is InChI=1S/C24H21F3NO2/c1-29-22-11-15-9-10-28(14-16-5-3-4-6-20(16)26)24(19(15)13-23(22)30-2)18-8-7-17(25)12-21(18)27/h3-8,11-13H,9-10,14H2,1-2H3/q+1. The molecule has 3 aromatic carbocycles. The van der Waals surface area contributed by atoms with Crippen molar-refractivity contribution < 1.29 is 27.2 Å². The van der Waals surface area contributed by atoms with Crippen LogP contribution in [0, 0.1) is 17.5 Å². The second kappa shape index (κ2) is 8.22. The van der Waals surface area contributed by atoms with E-state index in [-0.39, 0.29) is 17.9 Å². The van der Waals surface area contributed by atoms with E-state index in [4.69, 9.17) is 9.47 Å². The minimum absolute atomic E-state index is 0.251. The summed E-state index contributed by atoms with van der Waals surface area (Å²) in [5.74, 6) is -0.566. The number of halogens is 3. The van der Waals surface area contributed by atoms with Crippen LogP contribution in [0.2, 0.25) is 0 Å². The Morgan fingerprint density at radius 3 is 2.27 bits per heavy atom. The van der Waals surface area contributed by atoms with Crippen molar-refractivity contribution in [3.8, 4) is 11.5 Å². The molecule has 3 aromatic rings. The fourth-order valence-corrected chi connectivity index (χ4v) is 3.87. The van der Waals surface area contributed by atoms with Gasteiger partial charge in [-0.25, -0.2) is 17.7 Å². The number of fused-ring (bicyclic) bond motifs is 1. The maximum Gasteiger partial charge on any atom is 0.218 e. The summed E-state index contributed by atoms with van der Waals surface area (Å²) in [4.78, 5) is 0. The van der Waals surface area contributed by atoms with Crippen LogP contribution in [0.5, 0.6) is 11.5 Å². The average Bonchev–Trinajstić information content (AvgIpc) is 2.74. The topological polar surface area (TPSA) is 21.5 Å². The normalized spacial score (nSPS) is 13.2. The van der Waals surface area contributed by atoms with Crippen molar-refractivity contribution in [3.05, 3.63) is 94.3 Å². The van der Waals surface area contributed by atoms with Crippen molar-refractivity contribution >= 4 is 5.71 Å². The fraction of sp³-hybridized carbons (Fsp3) is 0.208. The zero-order valence-corrected chi connectivity index (χ0v) is 16.7. The molecule has 154 valence electrons. The van der Waals surface area contributed by atoms with Gasteiger partial charge in [-0.1, -0.05) is 12.1 Å². The van der Waals surface area contributed by atoms with Crippen molar-refractivity contribution in [1.82, 2.24) is 0 Å². The van der Waals surface area contributed by atoms with Gasteiger partial charge in [-0.15, -0.1) is 0 Å². The zero-order valence-electron chi connectivity index (χ0n) is 16.7. The molecule has 0 radical (unpaired) electrons. The van der Waals surface area contributed by atoms with Gasteiger partial charge in [0.15, 0.2) is 18.0 Å². The molecule has 0 N–H and O–H groups in total. The predicted molar refractivity (Wildman–Crippen MR) is 108 cm³/mol. The molecule has 1 aliphatic heterocycles. The van der Waals surface area contributed by atoms with E-state index in [1.807, 2.05) is 10.6 Å². The maximum atomic E-state index is 14.8. The summed E-state index contributed by atoms with van der Waals surface area (Å²) in [6.07, 6.45) is 0.663. The molecule has 0 bridgehead atoms. The number of nitrogens with zero attached hydrogens (tertiary/aromatic N) is 1. The maximum absolute atomic E-state index is 14.8.